The summed E-state index contributed by atoms with van der Waals surface area (Å²) in [6, 6.07) is 0.711. The van der Waals surface area contributed by atoms with Crippen molar-refractivity contribution < 1.29 is 0 Å². The first kappa shape index (κ1) is 11.0. The van der Waals surface area contributed by atoms with Crippen LogP contribution in [0.1, 0.15) is 52.4 Å². The average Bonchev–Trinajstić information content (AvgIpc) is 2.86. The molecule has 1 atom stereocenters. The Morgan fingerprint density at radius 1 is 1.13 bits per heavy atom. The Morgan fingerprint density at radius 2 is 1.80 bits per heavy atom. The van der Waals surface area contributed by atoms with Gasteiger partial charge in [0.2, 0.25) is 0 Å². The molecule has 0 spiro atoms. The highest BCUT2D eigenvalue weighted by Crippen LogP contribution is 2.35. The van der Waals surface area contributed by atoms with Crippen molar-refractivity contribution in [3.05, 3.63) is 0 Å². The van der Waals surface area contributed by atoms with Gasteiger partial charge in [-0.25, -0.2) is 0 Å². The molecule has 0 aromatic carbocycles. The largest absolute Gasteiger partial charge is 0.357 e. The SMILES string of the molecule is CC(C)C(=N)N1CCCC1C1CCCC1. The van der Waals surface area contributed by atoms with Crippen LogP contribution in [-0.4, -0.2) is 23.3 Å². The number of nitrogens with zero attached hydrogens (tertiary/aromatic N) is 1. The van der Waals surface area contributed by atoms with Crippen molar-refractivity contribution in [2.24, 2.45) is 11.8 Å². The van der Waals surface area contributed by atoms with Crippen molar-refractivity contribution in [1.29, 1.82) is 5.41 Å². The summed E-state index contributed by atoms with van der Waals surface area (Å²) < 4.78 is 0. The van der Waals surface area contributed by atoms with Crippen LogP contribution < -0.4 is 0 Å². The Morgan fingerprint density at radius 3 is 2.40 bits per heavy atom. The van der Waals surface area contributed by atoms with Gasteiger partial charge < -0.3 is 4.90 Å². The normalized spacial score (nSPS) is 27.9. The van der Waals surface area contributed by atoms with Crippen LogP contribution in [0.25, 0.3) is 0 Å². The first-order valence-electron chi connectivity index (χ1n) is 6.55. The third-order valence-electron chi connectivity index (χ3n) is 4.10. The van der Waals surface area contributed by atoms with Gasteiger partial charge in [0.05, 0.1) is 5.84 Å². The van der Waals surface area contributed by atoms with Crippen molar-refractivity contribution >= 4 is 5.84 Å². The fourth-order valence-corrected chi connectivity index (χ4v) is 3.26. The molecule has 2 rings (SSSR count). The second-order valence-corrected chi connectivity index (χ2v) is 5.49. The summed E-state index contributed by atoms with van der Waals surface area (Å²) >= 11 is 0. The maximum absolute atomic E-state index is 8.16. The van der Waals surface area contributed by atoms with Gasteiger partial charge >= 0.3 is 0 Å². The molecule has 0 aromatic rings. The van der Waals surface area contributed by atoms with Gasteiger partial charge in [0, 0.05) is 18.5 Å². The summed E-state index contributed by atoms with van der Waals surface area (Å²) in [6.07, 6.45) is 8.29. The van der Waals surface area contributed by atoms with E-state index in [0.717, 1.165) is 18.3 Å². The molecule has 2 heteroatoms. The molecule has 15 heavy (non-hydrogen) atoms. The molecule has 2 aliphatic rings. The van der Waals surface area contributed by atoms with E-state index in [2.05, 4.69) is 18.7 Å². The fraction of sp³-hybridized carbons (Fsp3) is 0.923. The summed E-state index contributed by atoms with van der Waals surface area (Å²) in [6.45, 7) is 5.43. The molecule has 86 valence electrons. The van der Waals surface area contributed by atoms with Gasteiger partial charge in [-0.05, 0) is 31.6 Å². The minimum Gasteiger partial charge on any atom is -0.357 e. The maximum Gasteiger partial charge on any atom is 0.0986 e. The molecule has 1 saturated carbocycles. The van der Waals surface area contributed by atoms with E-state index >= 15 is 0 Å². The van der Waals surface area contributed by atoms with Crippen molar-refractivity contribution in [3.63, 3.8) is 0 Å². The van der Waals surface area contributed by atoms with E-state index < -0.39 is 0 Å². The average molecular weight is 208 g/mol. The Bertz CT molecular complexity index is 229. The molecule has 1 aliphatic carbocycles. The maximum atomic E-state index is 8.16. The van der Waals surface area contributed by atoms with Crippen molar-refractivity contribution in [2.75, 3.05) is 6.54 Å². The van der Waals surface area contributed by atoms with E-state index in [1.54, 1.807) is 0 Å². The Balaban J connectivity index is 2.01. The standard InChI is InChI=1S/C13H24N2/c1-10(2)13(14)15-9-5-8-12(15)11-6-3-4-7-11/h10-12,14H,3-9H2,1-2H3. The first-order chi connectivity index (χ1) is 7.20. The van der Waals surface area contributed by atoms with Crippen LogP contribution in [-0.2, 0) is 0 Å². The summed E-state index contributed by atoms with van der Waals surface area (Å²) in [5.74, 6) is 2.17. The van der Waals surface area contributed by atoms with E-state index in [0.29, 0.717) is 12.0 Å². The first-order valence-corrected chi connectivity index (χ1v) is 6.55. The predicted molar refractivity (Wildman–Crippen MR) is 64.3 cm³/mol. The number of nitrogens with one attached hydrogen (secondary N) is 1. The molecular formula is C13H24N2. The molecule has 1 unspecified atom stereocenters. The second kappa shape index (κ2) is 4.54. The fourth-order valence-electron chi connectivity index (χ4n) is 3.26. The van der Waals surface area contributed by atoms with Crippen molar-refractivity contribution in [3.8, 4) is 0 Å². The molecule has 1 saturated heterocycles. The van der Waals surface area contributed by atoms with Gasteiger partial charge in [-0.3, -0.25) is 5.41 Å². The quantitative estimate of drug-likeness (QED) is 0.547. The highest BCUT2D eigenvalue weighted by atomic mass is 15.2. The zero-order valence-electron chi connectivity index (χ0n) is 10.1. The van der Waals surface area contributed by atoms with E-state index in [1.165, 1.54) is 38.5 Å². The summed E-state index contributed by atoms with van der Waals surface area (Å²) in [7, 11) is 0. The topological polar surface area (TPSA) is 27.1 Å². The Labute approximate surface area is 93.6 Å². The van der Waals surface area contributed by atoms with Crippen molar-refractivity contribution in [2.45, 2.75) is 58.4 Å². The minimum atomic E-state index is 0.395. The Kier molecular flexibility index (Phi) is 3.32. The van der Waals surface area contributed by atoms with Gasteiger partial charge in [0.1, 0.15) is 0 Å². The number of rotatable bonds is 2. The smallest absolute Gasteiger partial charge is 0.0986 e. The summed E-state index contributed by atoms with van der Waals surface area (Å²) in [4.78, 5) is 2.40. The van der Waals surface area contributed by atoms with Crippen LogP contribution in [0.15, 0.2) is 0 Å². The molecule has 1 heterocycles. The molecule has 0 bridgehead atoms. The monoisotopic (exact) mass is 208 g/mol. The lowest BCUT2D eigenvalue weighted by molar-refractivity contribution is 0.271. The number of amidine groups is 1. The number of hydrogen-bond donors (Lipinski definition) is 1. The Hall–Kier alpha value is -0.530. The number of likely N-dealkylation sites (tertiary alicyclic amines) is 1. The third-order valence-corrected chi connectivity index (χ3v) is 4.10. The van der Waals surface area contributed by atoms with E-state index in [4.69, 9.17) is 5.41 Å². The molecule has 2 nitrogen and oxygen atoms in total. The van der Waals surface area contributed by atoms with Gasteiger partial charge in [-0.15, -0.1) is 0 Å². The van der Waals surface area contributed by atoms with E-state index in [1.807, 2.05) is 0 Å². The lowest BCUT2D eigenvalue weighted by atomic mass is 9.95. The number of hydrogen-bond acceptors (Lipinski definition) is 1. The van der Waals surface area contributed by atoms with Crippen LogP contribution in [0.2, 0.25) is 0 Å². The molecule has 1 N–H and O–H groups in total. The van der Waals surface area contributed by atoms with Crippen molar-refractivity contribution in [1.82, 2.24) is 4.90 Å². The molecule has 2 fully saturated rings. The van der Waals surface area contributed by atoms with Crippen LogP contribution in [0.3, 0.4) is 0 Å². The van der Waals surface area contributed by atoms with Gasteiger partial charge in [-0.2, -0.15) is 0 Å². The zero-order chi connectivity index (χ0) is 10.8. The second-order valence-electron chi connectivity index (χ2n) is 5.49. The highest BCUT2D eigenvalue weighted by Gasteiger charge is 2.34. The summed E-state index contributed by atoms with van der Waals surface area (Å²) in [5, 5.41) is 8.16. The zero-order valence-corrected chi connectivity index (χ0v) is 10.1. The summed E-state index contributed by atoms with van der Waals surface area (Å²) in [5.41, 5.74) is 0. The van der Waals surface area contributed by atoms with Crippen LogP contribution in [0.4, 0.5) is 0 Å². The van der Waals surface area contributed by atoms with Gasteiger partial charge in [-0.1, -0.05) is 26.7 Å². The van der Waals surface area contributed by atoms with E-state index in [9.17, 15) is 0 Å². The molecule has 0 aromatic heterocycles. The molecule has 1 aliphatic heterocycles. The highest BCUT2D eigenvalue weighted by molar-refractivity contribution is 5.81. The predicted octanol–water partition coefficient (Wildman–Crippen LogP) is 3.27. The minimum absolute atomic E-state index is 0.395. The van der Waals surface area contributed by atoms with Gasteiger partial charge in [0.25, 0.3) is 0 Å². The third kappa shape index (κ3) is 2.19. The molecule has 0 radical (unpaired) electrons. The van der Waals surface area contributed by atoms with Gasteiger partial charge in [0.15, 0.2) is 0 Å². The molecular weight excluding hydrogens is 184 g/mol. The van der Waals surface area contributed by atoms with Crippen LogP contribution in [0, 0.1) is 17.2 Å². The lowest BCUT2D eigenvalue weighted by Crippen LogP contribution is -2.41. The van der Waals surface area contributed by atoms with Crippen LogP contribution >= 0.6 is 0 Å². The van der Waals surface area contributed by atoms with Crippen LogP contribution in [0.5, 0.6) is 0 Å². The molecule has 0 amide bonds. The van der Waals surface area contributed by atoms with E-state index in [-0.39, 0.29) is 0 Å². The lowest BCUT2D eigenvalue weighted by Gasteiger charge is -2.32.